The second-order valence-corrected chi connectivity index (χ2v) is 6.37. The number of nitrogens with one attached hydrogen (secondary N) is 3. The molecule has 0 atom stereocenters. The Balaban J connectivity index is 1.80. The van der Waals surface area contributed by atoms with Crippen molar-refractivity contribution in [2.75, 3.05) is 26.0 Å². The molecule has 0 aliphatic rings. The molecule has 0 aromatic heterocycles. The zero-order chi connectivity index (χ0) is 17.4. The summed E-state index contributed by atoms with van der Waals surface area (Å²) in [5.74, 6) is 0.863. The number of quaternary nitrogens is 1. The van der Waals surface area contributed by atoms with Gasteiger partial charge < -0.3 is 20.3 Å². The Morgan fingerprint density at radius 3 is 2.21 bits per heavy atom. The van der Waals surface area contributed by atoms with Crippen LogP contribution in [0.1, 0.15) is 18.1 Å². The van der Waals surface area contributed by atoms with Crippen LogP contribution in [0.5, 0.6) is 5.75 Å². The molecule has 4 nitrogen and oxygen atoms in total. The fourth-order valence-electron chi connectivity index (χ4n) is 2.34. The second-order valence-electron chi connectivity index (χ2n) is 5.97. The van der Waals surface area contributed by atoms with Gasteiger partial charge in [-0.1, -0.05) is 24.3 Å². The maximum atomic E-state index is 5.43. The number of benzene rings is 2. The van der Waals surface area contributed by atoms with Crippen LogP contribution >= 0.6 is 12.2 Å². The van der Waals surface area contributed by atoms with Gasteiger partial charge in [-0.15, -0.1) is 0 Å². The average Bonchev–Trinajstić information content (AvgIpc) is 2.56. The molecule has 128 valence electrons. The van der Waals surface area contributed by atoms with Crippen LogP contribution in [-0.4, -0.2) is 25.8 Å². The Bertz CT molecular complexity index is 639. The van der Waals surface area contributed by atoms with E-state index in [0.717, 1.165) is 18.0 Å². The van der Waals surface area contributed by atoms with Crippen LogP contribution in [0.15, 0.2) is 48.5 Å². The molecule has 0 amide bonds. The highest BCUT2D eigenvalue weighted by atomic mass is 32.1. The topological polar surface area (TPSA) is 37.7 Å². The minimum absolute atomic E-state index is 0.612. The normalized spacial score (nSPS) is 10.5. The molecule has 0 unspecified atom stereocenters. The second kappa shape index (κ2) is 9.25. The van der Waals surface area contributed by atoms with E-state index < -0.39 is 0 Å². The van der Waals surface area contributed by atoms with Crippen LogP contribution in [0.2, 0.25) is 0 Å². The van der Waals surface area contributed by atoms with Crippen LogP contribution in [0.25, 0.3) is 0 Å². The summed E-state index contributed by atoms with van der Waals surface area (Å²) in [4.78, 5) is 1.42. The molecular formula is C19H26N3OS+. The van der Waals surface area contributed by atoms with Gasteiger partial charge in [0.1, 0.15) is 12.3 Å². The first-order chi connectivity index (χ1) is 11.6. The maximum Gasteiger partial charge on any atom is 0.171 e. The molecule has 0 aliphatic heterocycles. The van der Waals surface area contributed by atoms with Gasteiger partial charge in [0.2, 0.25) is 0 Å². The van der Waals surface area contributed by atoms with Gasteiger partial charge in [-0.25, -0.2) is 0 Å². The molecule has 24 heavy (non-hydrogen) atoms. The lowest BCUT2D eigenvalue weighted by molar-refractivity contribution is -0.872. The minimum Gasteiger partial charge on any atom is -0.494 e. The molecule has 3 N–H and O–H groups in total. The SMILES string of the molecule is CCOc1ccc(NC(=S)NCc2ccc(C[NH+](C)C)cc2)cc1. The lowest BCUT2D eigenvalue weighted by Crippen LogP contribution is -3.04. The van der Waals surface area contributed by atoms with Gasteiger partial charge in [-0.3, -0.25) is 0 Å². The van der Waals surface area contributed by atoms with E-state index in [9.17, 15) is 0 Å². The molecular weight excluding hydrogens is 318 g/mol. The van der Waals surface area contributed by atoms with Gasteiger partial charge in [0.05, 0.1) is 20.7 Å². The fourth-order valence-corrected chi connectivity index (χ4v) is 2.53. The van der Waals surface area contributed by atoms with Crippen LogP contribution in [0.3, 0.4) is 0 Å². The lowest BCUT2D eigenvalue weighted by Gasteiger charge is -2.12. The minimum atomic E-state index is 0.612. The molecule has 2 rings (SSSR count). The van der Waals surface area contributed by atoms with Crippen molar-refractivity contribution in [2.24, 2.45) is 0 Å². The van der Waals surface area contributed by atoms with E-state index >= 15 is 0 Å². The summed E-state index contributed by atoms with van der Waals surface area (Å²) in [5.41, 5.74) is 3.50. The molecule has 0 bridgehead atoms. The highest BCUT2D eigenvalue weighted by molar-refractivity contribution is 7.80. The number of hydrogen-bond donors (Lipinski definition) is 3. The Hall–Kier alpha value is -2.11. The Morgan fingerprint density at radius 2 is 1.62 bits per heavy atom. The molecule has 0 fully saturated rings. The number of hydrogen-bond acceptors (Lipinski definition) is 2. The Morgan fingerprint density at radius 1 is 1.00 bits per heavy atom. The van der Waals surface area contributed by atoms with Gasteiger partial charge in [0, 0.05) is 17.8 Å². The van der Waals surface area contributed by atoms with Crippen molar-refractivity contribution in [3.05, 3.63) is 59.7 Å². The molecule has 0 aliphatic carbocycles. The van der Waals surface area contributed by atoms with Gasteiger partial charge in [-0.05, 0) is 49.0 Å². The summed E-state index contributed by atoms with van der Waals surface area (Å²) < 4.78 is 5.43. The largest absolute Gasteiger partial charge is 0.494 e. The molecule has 0 heterocycles. The third kappa shape index (κ3) is 6.18. The number of ether oxygens (including phenoxy) is 1. The van der Waals surface area contributed by atoms with Crippen molar-refractivity contribution < 1.29 is 9.64 Å². The van der Waals surface area contributed by atoms with Crippen molar-refractivity contribution >= 4 is 23.0 Å². The molecule has 5 heteroatoms. The molecule has 0 saturated heterocycles. The summed E-state index contributed by atoms with van der Waals surface area (Å²) >= 11 is 5.35. The fraction of sp³-hybridized carbons (Fsp3) is 0.316. The van der Waals surface area contributed by atoms with E-state index in [1.807, 2.05) is 31.2 Å². The van der Waals surface area contributed by atoms with Crippen LogP contribution in [-0.2, 0) is 13.1 Å². The van der Waals surface area contributed by atoms with E-state index in [2.05, 4.69) is 49.0 Å². The molecule has 0 spiro atoms. The maximum absolute atomic E-state index is 5.43. The molecule has 2 aromatic rings. The summed E-state index contributed by atoms with van der Waals surface area (Å²) in [6.07, 6.45) is 0. The third-order valence-corrected chi connectivity index (χ3v) is 3.70. The van der Waals surface area contributed by atoms with Crippen LogP contribution in [0.4, 0.5) is 5.69 Å². The van der Waals surface area contributed by atoms with Crippen molar-refractivity contribution in [1.29, 1.82) is 0 Å². The standard InChI is InChI=1S/C19H25N3OS/c1-4-23-18-11-9-17(10-12-18)21-19(24)20-13-15-5-7-16(8-6-15)14-22(2)3/h5-12H,4,13-14H2,1-3H3,(H2,20,21,24)/p+1. The summed E-state index contributed by atoms with van der Waals surface area (Å²) in [7, 11) is 4.31. The van der Waals surface area contributed by atoms with Gasteiger partial charge in [0.25, 0.3) is 0 Å². The lowest BCUT2D eigenvalue weighted by atomic mass is 10.1. The van der Waals surface area contributed by atoms with E-state index in [0.29, 0.717) is 18.3 Å². The summed E-state index contributed by atoms with van der Waals surface area (Å²) in [5, 5.41) is 7.02. The Labute approximate surface area is 149 Å². The molecule has 2 aromatic carbocycles. The number of rotatable bonds is 7. The zero-order valence-corrected chi connectivity index (χ0v) is 15.4. The summed E-state index contributed by atoms with van der Waals surface area (Å²) in [6, 6.07) is 16.4. The first-order valence-corrected chi connectivity index (χ1v) is 8.62. The smallest absolute Gasteiger partial charge is 0.171 e. The Kier molecular flexibility index (Phi) is 7.03. The van der Waals surface area contributed by atoms with Crippen molar-refractivity contribution in [3.8, 4) is 5.75 Å². The van der Waals surface area contributed by atoms with Crippen molar-refractivity contribution in [1.82, 2.24) is 5.32 Å². The molecule has 0 radical (unpaired) electrons. The number of thiocarbonyl (C=S) groups is 1. The quantitative estimate of drug-likeness (QED) is 0.674. The van der Waals surface area contributed by atoms with Crippen LogP contribution < -0.4 is 20.3 Å². The third-order valence-electron chi connectivity index (χ3n) is 3.46. The predicted octanol–water partition coefficient (Wildman–Crippen LogP) is 2.22. The van der Waals surface area contributed by atoms with E-state index in [4.69, 9.17) is 17.0 Å². The number of anilines is 1. The van der Waals surface area contributed by atoms with Crippen LogP contribution in [0, 0.1) is 0 Å². The summed E-state index contributed by atoms with van der Waals surface area (Å²) in [6.45, 7) is 4.38. The van der Waals surface area contributed by atoms with Gasteiger partial charge >= 0.3 is 0 Å². The van der Waals surface area contributed by atoms with E-state index in [-0.39, 0.29) is 0 Å². The van der Waals surface area contributed by atoms with E-state index in [1.54, 1.807) is 0 Å². The predicted molar refractivity (Wildman–Crippen MR) is 104 cm³/mol. The van der Waals surface area contributed by atoms with E-state index in [1.165, 1.54) is 16.0 Å². The van der Waals surface area contributed by atoms with Gasteiger partial charge in [0.15, 0.2) is 5.11 Å². The van der Waals surface area contributed by atoms with Crippen molar-refractivity contribution in [3.63, 3.8) is 0 Å². The first kappa shape index (κ1) is 18.2. The van der Waals surface area contributed by atoms with Crippen molar-refractivity contribution in [2.45, 2.75) is 20.0 Å². The first-order valence-electron chi connectivity index (χ1n) is 8.21. The zero-order valence-electron chi connectivity index (χ0n) is 14.6. The van der Waals surface area contributed by atoms with Gasteiger partial charge in [-0.2, -0.15) is 0 Å². The highest BCUT2D eigenvalue weighted by Crippen LogP contribution is 2.15. The monoisotopic (exact) mass is 344 g/mol. The highest BCUT2D eigenvalue weighted by Gasteiger charge is 2.01. The molecule has 0 saturated carbocycles. The average molecular weight is 345 g/mol.